The quantitative estimate of drug-likeness (QED) is 0.610. The van der Waals surface area contributed by atoms with Crippen molar-refractivity contribution in [1.29, 1.82) is 0 Å². The summed E-state index contributed by atoms with van der Waals surface area (Å²) < 4.78 is 5.36. The lowest BCUT2D eigenvalue weighted by Crippen LogP contribution is -2.31. The molecule has 0 aromatic carbocycles. The summed E-state index contributed by atoms with van der Waals surface area (Å²) in [6.45, 7) is 11.0. The Hall–Kier alpha value is -0.120. The molecule has 1 aliphatic rings. The SMILES string of the molecule is CCOCC(C)NCCCCN1CCCC1. The highest BCUT2D eigenvalue weighted by atomic mass is 16.5. The largest absolute Gasteiger partial charge is 0.380 e. The molecule has 0 aliphatic carbocycles. The van der Waals surface area contributed by atoms with Crippen molar-refractivity contribution in [2.45, 2.75) is 45.6 Å². The van der Waals surface area contributed by atoms with Gasteiger partial charge in [-0.2, -0.15) is 0 Å². The molecule has 1 fully saturated rings. The van der Waals surface area contributed by atoms with Crippen LogP contribution >= 0.6 is 0 Å². The number of rotatable bonds is 9. The Bertz CT molecular complexity index is 158. The molecular formula is C13H28N2O. The lowest BCUT2D eigenvalue weighted by atomic mass is 10.2. The molecule has 0 bridgehead atoms. The molecule has 1 saturated heterocycles. The van der Waals surface area contributed by atoms with E-state index in [4.69, 9.17) is 4.74 Å². The standard InChI is InChI=1S/C13H28N2O/c1-3-16-12-13(2)14-8-4-5-9-15-10-6-7-11-15/h13-14H,3-12H2,1-2H3. The molecule has 0 amide bonds. The average molecular weight is 228 g/mol. The fraction of sp³-hybridized carbons (Fsp3) is 1.00. The Morgan fingerprint density at radius 2 is 2.00 bits per heavy atom. The van der Waals surface area contributed by atoms with Gasteiger partial charge in [0.2, 0.25) is 0 Å². The van der Waals surface area contributed by atoms with Crippen LogP contribution in [0, 0.1) is 0 Å². The van der Waals surface area contributed by atoms with E-state index in [-0.39, 0.29) is 0 Å². The number of hydrogen-bond acceptors (Lipinski definition) is 3. The van der Waals surface area contributed by atoms with Gasteiger partial charge in [-0.25, -0.2) is 0 Å². The van der Waals surface area contributed by atoms with Gasteiger partial charge in [-0.1, -0.05) is 0 Å². The third-order valence-electron chi connectivity index (χ3n) is 3.16. The number of nitrogens with zero attached hydrogens (tertiary/aromatic N) is 1. The Morgan fingerprint density at radius 1 is 1.25 bits per heavy atom. The molecule has 0 aromatic heterocycles. The van der Waals surface area contributed by atoms with Crippen LogP contribution in [0.5, 0.6) is 0 Å². The zero-order valence-corrected chi connectivity index (χ0v) is 11.0. The number of hydrogen-bond donors (Lipinski definition) is 1. The van der Waals surface area contributed by atoms with Crippen LogP contribution in [0.25, 0.3) is 0 Å². The van der Waals surface area contributed by atoms with E-state index in [0.29, 0.717) is 6.04 Å². The van der Waals surface area contributed by atoms with Gasteiger partial charge in [-0.15, -0.1) is 0 Å². The fourth-order valence-corrected chi connectivity index (χ4v) is 2.17. The van der Waals surface area contributed by atoms with Gasteiger partial charge in [0.1, 0.15) is 0 Å². The van der Waals surface area contributed by atoms with Crippen LogP contribution in [0.15, 0.2) is 0 Å². The van der Waals surface area contributed by atoms with E-state index < -0.39 is 0 Å². The van der Waals surface area contributed by atoms with Crippen LogP contribution in [-0.2, 0) is 4.74 Å². The second-order valence-corrected chi connectivity index (χ2v) is 4.77. The van der Waals surface area contributed by atoms with Gasteiger partial charge < -0.3 is 15.0 Å². The first-order chi connectivity index (χ1) is 7.83. The van der Waals surface area contributed by atoms with Crippen LogP contribution in [0.2, 0.25) is 0 Å². The fourth-order valence-electron chi connectivity index (χ4n) is 2.17. The first kappa shape index (κ1) is 13.9. The molecule has 0 aromatic rings. The van der Waals surface area contributed by atoms with E-state index in [1.165, 1.54) is 45.3 Å². The normalized spacial score (nSPS) is 19.1. The monoisotopic (exact) mass is 228 g/mol. The van der Waals surface area contributed by atoms with Gasteiger partial charge in [0.25, 0.3) is 0 Å². The molecule has 0 spiro atoms. The highest BCUT2D eigenvalue weighted by Gasteiger charge is 2.10. The molecule has 16 heavy (non-hydrogen) atoms. The molecule has 1 unspecified atom stereocenters. The molecule has 3 heteroatoms. The van der Waals surface area contributed by atoms with Crippen molar-refractivity contribution in [1.82, 2.24) is 10.2 Å². The topological polar surface area (TPSA) is 24.5 Å². The minimum absolute atomic E-state index is 0.492. The van der Waals surface area contributed by atoms with Crippen LogP contribution < -0.4 is 5.32 Å². The van der Waals surface area contributed by atoms with Crippen LogP contribution in [0.3, 0.4) is 0 Å². The zero-order chi connectivity index (χ0) is 11.6. The first-order valence-corrected chi connectivity index (χ1v) is 6.86. The number of ether oxygens (including phenoxy) is 1. The van der Waals surface area contributed by atoms with Gasteiger partial charge in [0.15, 0.2) is 0 Å². The Morgan fingerprint density at radius 3 is 2.69 bits per heavy atom. The van der Waals surface area contributed by atoms with Crippen LogP contribution in [0.4, 0.5) is 0 Å². The lowest BCUT2D eigenvalue weighted by Gasteiger charge is -2.16. The van der Waals surface area contributed by atoms with E-state index >= 15 is 0 Å². The molecule has 1 N–H and O–H groups in total. The number of likely N-dealkylation sites (tertiary alicyclic amines) is 1. The summed E-state index contributed by atoms with van der Waals surface area (Å²) in [5, 5.41) is 3.50. The third kappa shape index (κ3) is 6.46. The summed E-state index contributed by atoms with van der Waals surface area (Å²) in [4.78, 5) is 2.59. The molecule has 1 heterocycles. The molecule has 1 atom stereocenters. The summed E-state index contributed by atoms with van der Waals surface area (Å²) in [6, 6.07) is 0.492. The summed E-state index contributed by atoms with van der Waals surface area (Å²) in [7, 11) is 0. The van der Waals surface area contributed by atoms with E-state index in [2.05, 4.69) is 17.1 Å². The van der Waals surface area contributed by atoms with Crippen molar-refractivity contribution in [2.75, 3.05) is 39.4 Å². The first-order valence-electron chi connectivity index (χ1n) is 6.86. The predicted molar refractivity (Wildman–Crippen MR) is 68.9 cm³/mol. The maximum absolute atomic E-state index is 5.36. The van der Waals surface area contributed by atoms with Gasteiger partial charge >= 0.3 is 0 Å². The van der Waals surface area contributed by atoms with Crippen LogP contribution in [0.1, 0.15) is 39.5 Å². The molecule has 0 radical (unpaired) electrons. The van der Waals surface area contributed by atoms with Gasteiger partial charge in [0.05, 0.1) is 6.61 Å². The summed E-state index contributed by atoms with van der Waals surface area (Å²) >= 11 is 0. The maximum atomic E-state index is 5.36. The van der Waals surface area contributed by atoms with Crippen LogP contribution in [-0.4, -0.2) is 50.3 Å². The van der Waals surface area contributed by atoms with E-state index in [0.717, 1.165) is 19.8 Å². The Kier molecular flexibility index (Phi) is 7.81. The molecule has 96 valence electrons. The van der Waals surface area contributed by atoms with Crippen molar-refractivity contribution in [3.05, 3.63) is 0 Å². The smallest absolute Gasteiger partial charge is 0.0616 e. The van der Waals surface area contributed by atoms with Crippen molar-refractivity contribution >= 4 is 0 Å². The minimum atomic E-state index is 0.492. The maximum Gasteiger partial charge on any atom is 0.0616 e. The summed E-state index contributed by atoms with van der Waals surface area (Å²) in [5.41, 5.74) is 0. The van der Waals surface area contributed by atoms with Gasteiger partial charge in [-0.05, 0) is 65.7 Å². The van der Waals surface area contributed by atoms with Crippen molar-refractivity contribution in [3.8, 4) is 0 Å². The minimum Gasteiger partial charge on any atom is -0.380 e. The van der Waals surface area contributed by atoms with E-state index in [1.54, 1.807) is 0 Å². The van der Waals surface area contributed by atoms with Gasteiger partial charge in [-0.3, -0.25) is 0 Å². The van der Waals surface area contributed by atoms with E-state index in [1.807, 2.05) is 6.92 Å². The van der Waals surface area contributed by atoms with Crippen molar-refractivity contribution in [3.63, 3.8) is 0 Å². The second-order valence-electron chi connectivity index (χ2n) is 4.77. The number of nitrogens with one attached hydrogen (secondary N) is 1. The molecule has 3 nitrogen and oxygen atoms in total. The molecule has 1 rings (SSSR count). The highest BCUT2D eigenvalue weighted by Crippen LogP contribution is 2.07. The predicted octanol–water partition coefficient (Wildman–Crippen LogP) is 1.88. The Balaban J connectivity index is 1.83. The zero-order valence-electron chi connectivity index (χ0n) is 11.0. The summed E-state index contributed by atoms with van der Waals surface area (Å²) in [5.74, 6) is 0. The molecular weight excluding hydrogens is 200 g/mol. The Labute approximate surface area is 101 Å². The third-order valence-corrected chi connectivity index (χ3v) is 3.16. The highest BCUT2D eigenvalue weighted by molar-refractivity contribution is 4.66. The number of unbranched alkanes of at least 4 members (excludes halogenated alkanes) is 1. The van der Waals surface area contributed by atoms with Crippen molar-refractivity contribution < 1.29 is 4.74 Å². The molecule has 1 aliphatic heterocycles. The van der Waals surface area contributed by atoms with Crippen molar-refractivity contribution in [2.24, 2.45) is 0 Å². The average Bonchev–Trinajstić information content (AvgIpc) is 2.79. The second kappa shape index (κ2) is 8.97. The summed E-state index contributed by atoms with van der Waals surface area (Å²) in [6.07, 6.45) is 5.43. The van der Waals surface area contributed by atoms with Gasteiger partial charge in [0, 0.05) is 12.6 Å². The lowest BCUT2D eigenvalue weighted by molar-refractivity contribution is 0.127. The van der Waals surface area contributed by atoms with E-state index in [9.17, 15) is 0 Å². The molecule has 0 saturated carbocycles.